The standard InChI is InChI=1S/C18H15F3N2O2S/c19-18(20,21)11-9-13(22-7-3-4-8-22)16-15(10-11)26-14-6-2-1-5-12(14)23(16)17(24)25/h1-2,5-6,9-10H,3-4,7-8H2,(H,24,25). The molecule has 2 aliphatic heterocycles. The van der Waals surface area contributed by atoms with E-state index in [1.165, 1.54) is 11.8 Å². The minimum Gasteiger partial charge on any atom is -0.464 e. The van der Waals surface area contributed by atoms with Gasteiger partial charge in [-0.3, -0.25) is 0 Å². The van der Waals surface area contributed by atoms with Crippen molar-refractivity contribution in [2.45, 2.75) is 28.8 Å². The van der Waals surface area contributed by atoms with Gasteiger partial charge in [0.15, 0.2) is 0 Å². The molecule has 0 aromatic heterocycles. The highest BCUT2D eigenvalue weighted by molar-refractivity contribution is 7.99. The van der Waals surface area contributed by atoms with Gasteiger partial charge in [0.1, 0.15) is 0 Å². The Bertz CT molecular complexity index is 879. The van der Waals surface area contributed by atoms with E-state index < -0.39 is 17.8 Å². The number of rotatable bonds is 1. The molecule has 1 N–H and O–H groups in total. The number of nitrogens with zero attached hydrogens (tertiary/aromatic N) is 2. The molecule has 136 valence electrons. The molecule has 1 amide bonds. The minimum absolute atomic E-state index is 0.308. The average molecular weight is 380 g/mol. The number of benzene rings is 2. The number of hydrogen-bond donors (Lipinski definition) is 1. The van der Waals surface area contributed by atoms with Gasteiger partial charge >= 0.3 is 12.3 Å². The number of para-hydroxylation sites is 1. The molecular weight excluding hydrogens is 365 g/mol. The molecule has 2 aromatic rings. The summed E-state index contributed by atoms with van der Waals surface area (Å²) in [5.41, 5.74) is 0.362. The molecule has 0 spiro atoms. The monoisotopic (exact) mass is 380 g/mol. The van der Waals surface area contributed by atoms with E-state index in [2.05, 4.69) is 0 Å². The zero-order valence-electron chi connectivity index (χ0n) is 13.6. The number of carbonyl (C=O) groups is 1. The summed E-state index contributed by atoms with van der Waals surface area (Å²) in [4.78, 5) is 15.9. The summed E-state index contributed by atoms with van der Waals surface area (Å²) in [5, 5.41) is 9.80. The van der Waals surface area contributed by atoms with Gasteiger partial charge in [0.25, 0.3) is 0 Å². The van der Waals surface area contributed by atoms with Crippen LogP contribution in [0.2, 0.25) is 0 Å². The van der Waals surface area contributed by atoms with Crippen LogP contribution < -0.4 is 9.80 Å². The Morgan fingerprint density at radius 1 is 1.04 bits per heavy atom. The molecule has 0 radical (unpaired) electrons. The van der Waals surface area contributed by atoms with Crippen LogP contribution >= 0.6 is 11.8 Å². The zero-order chi connectivity index (χ0) is 18.5. The highest BCUT2D eigenvalue weighted by Gasteiger charge is 2.38. The van der Waals surface area contributed by atoms with E-state index in [-0.39, 0.29) is 0 Å². The van der Waals surface area contributed by atoms with Gasteiger partial charge in [-0.2, -0.15) is 13.2 Å². The molecule has 2 aliphatic rings. The fourth-order valence-corrected chi connectivity index (χ4v) is 4.55. The van der Waals surface area contributed by atoms with Crippen molar-refractivity contribution in [1.82, 2.24) is 0 Å². The summed E-state index contributed by atoms with van der Waals surface area (Å²) >= 11 is 1.18. The smallest absolute Gasteiger partial charge is 0.416 e. The van der Waals surface area contributed by atoms with E-state index in [4.69, 9.17) is 0 Å². The highest BCUT2D eigenvalue weighted by Crippen LogP contribution is 2.53. The van der Waals surface area contributed by atoms with Crippen LogP contribution in [0.4, 0.5) is 35.0 Å². The SMILES string of the molecule is O=C(O)N1c2ccccc2Sc2cc(C(F)(F)F)cc(N3CCCC3)c21. The maximum Gasteiger partial charge on any atom is 0.416 e. The number of fused-ring (bicyclic) bond motifs is 2. The molecule has 0 saturated carbocycles. The third-order valence-corrected chi connectivity index (χ3v) is 5.67. The molecule has 1 fully saturated rings. The van der Waals surface area contributed by atoms with E-state index in [1.807, 2.05) is 4.90 Å². The molecule has 0 atom stereocenters. The number of amides is 1. The number of alkyl halides is 3. The quantitative estimate of drug-likeness (QED) is 0.701. The van der Waals surface area contributed by atoms with Crippen LogP contribution in [0.15, 0.2) is 46.2 Å². The van der Waals surface area contributed by atoms with Crippen LogP contribution in [-0.4, -0.2) is 24.3 Å². The van der Waals surface area contributed by atoms with Crippen molar-refractivity contribution >= 4 is 34.9 Å². The summed E-state index contributed by atoms with van der Waals surface area (Å²) in [5.74, 6) is 0. The summed E-state index contributed by atoms with van der Waals surface area (Å²) in [6.45, 7) is 1.24. The van der Waals surface area contributed by atoms with Crippen LogP contribution in [0.25, 0.3) is 0 Å². The Kier molecular flexibility index (Phi) is 4.02. The first kappa shape index (κ1) is 17.1. The lowest BCUT2D eigenvalue weighted by Crippen LogP contribution is -2.30. The molecule has 4 nitrogen and oxygen atoms in total. The van der Waals surface area contributed by atoms with Crippen LogP contribution in [-0.2, 0) is 6.18 Å². The lowest BCUT2D eigenvalue weighted by molar-refractivity contribution is -0.137. The zero-order valence-corrected chi connectivity index (χ0v) is 14.4. The van der Waals surface area contributed by atoms with Gasteiger partial charge in [0, 0.05) is 22.9 Å². The van der Waals surface area contributed by atoms with Crippen molar-refractivity contribution in [2.24, 2.45) is 0 Å². The van der Waals surface area contributed by atoms with Crippen molar-refractivity contribution < 1.29 is 23.1 Å². The van der Waals surface area contributed by atoms with Crippen LogP contribution in [0.3, 0.4) is 0 Å². The molecule has 0 bridgehead atoms. The number of carboxylic acid groups (broad SMARTS) is 1. The second-order valence-corrected chi connectivity index (χ2v) is 7.31. The van der Waals surface area contributed by atoms with Gasteiger partial charge < -0.3 is 10.0 Å². The Morgan fingerprint density at radius 3 is 2.38 bits per heavy atom. The van der Waals surface area contributed by atoms with Crippen molar-refractivity contribution in [3.8, 4) is 0 Å². The van der Waals surface area contributed by atoms with Gasteiger partial charge in [-0.05, 0) is 37.1 Å². The number of anilines is 3. The van der Waals surface area contributed by atoms with E-state index in [0.717, 1.165) is 29.9 Å². The molecule has 4 rings (SSSR count). The molecule has 2 heterocycles. The van der Waals surface area contributed by atoms with Gasteiger partial charge in [-0.25, -0.2) is 9.69 Å². The molecule has 8 heteroatoms. The van der Waals surface area contributed by atoms with Crippen LogP contribution in [0.5, 0.6) is 0 Å². The lowest BCUT2D eigenvalue weighted by Gasteiger charge is -2.34. The van der Waals surface area contributed by atoms with Gasteiger partial charge in [-0.15, -0.1) is 0 Å². The van der Waals surface area contributed by atoms with E-state index in [9.17, 15) is 23.1 Å². The second-order valence-electron chi connectivity index (χ2n) is 6.22. The molecular formula is C18H15F3N2O2S. The van der Waals surface area contributed by atoms with Gasteiger partial charge in [0.2, 0.25) is 0 Å². The second kappa shape index (κ2) is 6.12. The van der Waals surface area contributed by atoms with Crippen molar-refractivity contribution in [3.05, 3.63) is 42.0 Å². The van der Waals surface area contributed by atoms with Crippen molar-refractivity contribution in [2.75, 3.05) is 22.9 Å². The highest BCUT2D eigenvalue weighted by atomic mass is 32.2. The van der Waals surface area contributed by atoms with Crippen LogP contribution in [0.1, 0.15) is 18.4 Å². The summed E-state index contributed by atoms with van der Waals surface area (Å²) in [6.07, 6.45) is -3.95. The molecule has 1 saturated heterocycles. The molecule has 0 unspecified atom stereocenters. The topological polar surface area (TPSA) is 43.8 Å². The largest absolute Gasteiger partial charge is 0.464 e. The minimum atomic E-state index is -4.49. The Morgan fingerprint density at radius 2 is 1.73 bits per heavy atom. The summed E-state index contributed by atoms with van der Waals surface area (Å²) in [6, 6.07) is 8.98. The number of hydrogen-bond acceptors (Lipinski definition) is 3. The number of halogens is 3. The maximum atomic E-state index is 13.4. The predicted molar refractivity (Wildman–Crippen MR) is 93.6 cm³/mol. The van der Waals surface area contributed by atoms with Crippen molar-refractivity contribution in [1.29, 1.82) is 0 Å². The Hall–Kier alpha value is -2.35. The lowest BCUT2D eigenvalue weighted by atomic mass is 10.1. The third kappa shape index (κ3) is 2.78. The first-order valence-corrected chi connectivity index (χ1v) is 8.98. The predicted octanol–water partition coefficient (Wildman–Crippen LogP) is 5.59. The Balaban J connectivity index is 1.97. The van der Waals surface area contributed by atoms with Gasteiger partial charge in [0.05, 0.1) is 22.6 Å². The summed E-state index contributed by atoms with van der Waals surface area (Å²) < 4.78 is 40.3. The Labute approximate surface area is 152 Å². The van der Waals surface area contributed by atoms with Gasteiger partial charge in [-0.1, -0.05) is 23.9 Å². The fourth-order valence-electron chi connectivity index (χ4n) is 3.42. The van der Waals surface area contributed by atoms with Crippen molar-refractivity contribution in [3.63, 3.8) is 0 Å². The van der Waals surface area contributed by atoms with E-state index in [0.29, 0.717) is 39.9 Å². The molecule has 26 heavy (non-hydrogen) atoms. The average Bonchev–Trinajstić information content (AvgIpc) is 3.12. The molecule has 2 aromatic carbocycles. The molecule has 0 aliphatic carbocycles. The first-order chi connectivity index (χ1) is 12.4. The van der Waals surface area contributed by atoms with E-state index in [1.54, 1.807) is 24.3 Å². The third-order valence-electron chi connectivity index (χ3n) is 4.57. The fraction of sp³-hybridized carbons (Fsp3) is 0.278. The maximum absolute atomic E-state index is 13.4. The van der Waals surface area contributed by atoms with Crippen LogP contribution in [0, 0.1) is 0 Å². The van der Waals surface area contributed by atoms with E-state index >= 15 is 0 Å². The normalized spacial score (nSPS) is 16.4. The first-order valence-electron chi connectivity index (χ1n) is 8.16. The summed E-state index contributed by atoms with van der Waals surface area (Å²) in [7, 11) is 0.